The van der Waals surface area contributed by atoms with Crippen molar-refractivity contribution in [1.29, 1.82) is 0 Å². The van der Waals surface area contributed by atoms with Gasteiger partial charge in [-0.3, -0.25) is 4.57 Å². The maximum atomic E-state index is 10.8. The van der Waals surface area contributed by atoms with Crippen LogP contribution in [0.5, 0.6) is 0 Å². The summed E-state index contributed by atoms with van der Waals surface area (Å²) in [6, 6.07) is 10.3. The van der Waals surface area contributed by atoms with Gasteiger partial charge < -0.3 is 39.8 Å². The van der Waals surface area contributed by atoms with Gasteiger partial charge in [0.1, 0.15) is 31.2 Å². The maximum Gasteiger partial charge on any atom is 0.257 e. The van der Waals surface area contributed by atoms with E-state index in [0.29, 0.717) is 36.8 Å². The molecule has 4 N–H and O–H groups in total. The topological polar surface area (TPSA) is 145 Å². The van der Waals surface area contributed by atoms with Crippen molar-refractivity contribution in [2.75, 3.05) is 25.1 Å². The third kappa shape index (κ3) is 5.90. The molecule has 3 aliphatic rings. The second-order valence-corrected chi connectivity index (χ2v) is 10.8. The summed E-state index contributed by atoms with van der Waals surface area (Å²) in [5.41, 5.74) is 2.15. The highest BCUT2D eigenvalue weighted by atomic mass is 32.1. The minimum atomic E-state index is -1.22. The Morgan fingerprint density at radius 1 is 1.10 bits per heavy atom. The molecule has 13 heteroatoms. The molecule has 3 aromatic rings. The number of imidazole rings is 1. The van der Waals surface area contributed by atoms with Crippen molar-refractivity contribution in [1.82, 2.24) is 24.8 Å². The number of rotatable bonds is 9. The van der Waals surface area contributed by atoms with Crippen molar-refractivity contribution in [2.24, 2.45) is 0 Å². The molecule has 7 atom stereocenters. The smallest absolute Gasteiger partial charge is 0.257 e. The molecule has 2 aromatic heterocycles. The number of hydrogen-bond donors (Lipinski definition) is 4. The summed E-state index contributed by atoms with van der Waals surface area (Å²) in [6.07, 6.45) is 2.66. The summed E-state index contributed by atoms with van der Waals surface area (Å²) in [6.45, 7) is 1.81. The fourth-order valence-corrected chi connectivity index (χ4v) is 5.72. The number of aromatic nitrogens is 4. The highest BCUT2D eigenvalue weighted by molar-refractivity contribution is 7.80. The van der Waals surface area contributed by atoms with Crippen LogP contribution < -0.4 is 10.6 Å². The number of fused-ring (bicyclic) bond motifs is 1. The Hall–Kier alpha value is -2.94. The third-order valence-corrected chi connectivity index (χ3v) is 7.92. The van der Waals surface area contributed by atoms with Crippen molar-refractivity contribution < 1.29 is 29.2 Å². The molecule has 0 amide bonds. The van der Waals surface area contributed by atoms with Crippen LogP contribution in [-0.4, -0.2) is 91.2 Å². The van der Waals surface area contributed by atoms with Gasteiger partial charge in [0, 0.05) is 6.61 Å². The Morgan fingerprint density at radius 2 is 1.98 bits per heavy atom. The lowest BCUT2D eigenvalue weighted by Gasteiger charge is -2.23. The summed E-state index contributed by atoms with van der Waals surface area (Å²) in [7, 11) is 0. The number of aliphatic hydroxyl groups is 2. The first-order valence-corrected chi connectivity index (χ1v) is 14.1. The normalized spacial score (nSPS) is 30.1. The first-order chi connectivity index (χ1) is 19.6. The summed E-state index contributed by atoms with van der Waals surface area (Å²) in [5.74, 6) is 0.585. The molecule has 0 unspecified atom stereocenters. The van der Waals surface area contributed by atoms with Crippen molar-refractivity contribution in [3.05, 3.63) is 48.5 Å². The SMILES string of the molecule is O[C@@H]1[C@H](O)[C@@H](COC(=S)N[C@H]2CCC[C@@H]2OCc2ccccc2)O[C@H]1n1cnc2c(N[C@@H]3CCOC3)ncnc21. The minimum Gasteiger partial charge on any atom is -0.468 e. The summed E-state index contributed by atoms with van der Waals surface area (Å²) < 4.78 is 25.0. The average Bonchev–Trinajstić information content (AvgIpc) is 3.77. The lowest BCUT2D eigenvalue weighted by atomic mass is 10.1. The molecule has 214 valence electrons. The standard InChI is InChI=1S/C27H34N6O6S/c34-22-20(13-38-27(40)32-18-7-4-8-19(18)37-11-16-5-2-1-3-6-16)39-26(23(22)35)33-15-30-21-24(28-14-29-25(21)33)31-17-9-10-36-12-17/h1-3,5-6,14-15,17-20,22-23,26,34-35H,4,7-13H2,(H,32,40)(H,28,29,31)/t17-,18+,19+,20-,22-,23-,26-/m1/s1. The predicted octanol–water partition coefficient (Wildman–Crippen LogP) is 1.68. The van der Waals surface area contributed by atoms with E-state index < -0.39 is 24.5 Å². The molecule has 40 heavy (non-hydrogen) atoms. The number of aliphatic hydroxyl groups excluding tert-OH is 2. The predicted molar refractivity (Wildman–Crippen MR) is 148 cm³/mol. The van der Waals surface area contributed by atoms with Gasteiger partial charge in [0.25, 0.3) is 5.17 Å². The van der Waals surface area contributed by atoms with E-state index in [9.17, 15) is 10.2 Å². The maximum absolute atomic E-state index is 10.8. The van der Waals surface area contributed by atoms with Crippen LogP contribution in [0.25, 0.3) is 11.2 Å². The van der Waals surface area contributed by atoms with E-state index in [1.165, 1.54) is 12.7 Å². The van der Waals surface area contributed by atoms with E-state index >= 15 is 0 Å². The van der Waals surface area contributed by atoms with Gasteiger partial charge in [0.2, 0.25) is 0 Å². The van der Waals surface area contributed by atoms with Gasteiger partial charge in [-0.25, -0.2) is 15.0 Å². The lowest BCUT2D eigenvalue weighted by molar-refractivity contribution is -0.0494. The number of hydrogen-bond acceptors (Lipinski definition) is 11. The molecule has 6 rings (SSSR count). The lowest BCUT2D eigenvalue weighted by Crippen LogP contribution is -2.42. The third-order valence-electron chi connectivity index (χ3n) is 7.68. The molecule has 1 aromatic carbocycles. The van der Waals surface area contributed by atoms with E-state index in [1.54, 1.807) is 4.57 Å². The van der Waals surface area contributed by atoms with E-state index in [0.717, 1.165) is 31.2 Å². The van der Waals surface area contributed by atoms with Crippen molar-refractivity contribution in [3.63, 3.8) is 0 Å². The van der Waals surface area contributed by atoms with Crippen LogP contribution in [0.3, 0.4) is 0 Å². The number of nitrogens with zero attached hydrogens (tertiary/aromatic N) is 4. The molecule has 4 heterocycles. The van der Waals surface area contributed by atoms with Crippen LogP contribution in [0, 0.1) is 0 Å². The van der Waals surface area contributed by atoms with Crippen LogP contribution in [0.1, 0.15) is 37.5 Å². The van der Waals surface area contributed by atoms with E-state index in [2.05, 4.69) is 25.6 Å². The molecule has 2 aliphatic heterocycles. The Morgan fingerprint density at radius 3 is 2.80 bits per heavy atom. The number of nitrogens with one attached hydrogen (secondary N) is 2. The van der Waals surface area contributed by atoms with E-state index in [4.69, 9.17) is 31.2 Å². The van der Waals surface area contributed by atoms with Crippen LogP contribution in [-0.2, 0) is 25.6 Å². The molecule has 0 bridgehead atoms. The Kier molecular flexibility index (Phi) is 8.37. The number of ether oxygens (including phenoxy) is 4. The number of anilines is 1. The van der Waals surface area contributed by atoms with Crippen molar-refractivity contribution >= 4 is 34.4 Å². The van der Waals surface area contributed by atoms with Crippen LogP contribution >= 0.6 is 12.2 Å². The summed E-state index contributed by atoms with van der Waals surface area (Å²) in [5, 5.41) is 28.4. The second-order valence-electron chi connectivity index (χ2n) is 10.4. The van der Waals surface area contributed by atoms with Crippen LogP contribution in [0.2, 0.25) is 0 Å². The van der Waals surface area contributed by atoms with Crippen LogP contribution in [0.4, 0.5) is 5.82 Å². The summed E-state index contributed by atoms with van der Waals surface area (Å²) >= 11 is 5.43. The zero-order valence-electron chi connectivity index (χ0n) is 22.0. The fourth-order valence-electron chi connectivity index (χ4n) is 5.50. The first-order valence-electron chi connectivity index (χ1n) is 13.7. The highest BCUT2D eigenvalue weighted by Gasteiger charge is 2.45. The molecule has 0 radical (unpaired) electrons. The van der Waals surface area contributed by atoms with Gasteiger partial charge in [0.15, 0.2) is 23.2 Å². The zero-order valence-corrected chi connectivity index (χ0v) is 22.8. The molecular formula is C27H34N6O6S. The Labute approximate surface area is 237 Å². The van der Waals surface area contributed by atoms with Crippen molar-refractivity contribution in [2.45, 2.75) is 75.0 Å². The largest absolute Gasteiger partial charge is 0.468 e. The van der Waals surface area contributed by atoms with Crippen molar-refractivity contribution in [3.8, 4) is 0 Å². The zero-order chi connectivity index (χ0) is 27.5. The van der Waals surface area contributed by atoms with Gasteiger partial charge in [0.05, 0.1) is 37.7 Å². The van der Waals surface area contributed by atoms with E-state index in [-0.39, 0.29) is 30.0 Å². The van der Waals surface area contributed by atoms with Gasteiger partial charge in [-0.2, -0.15) is 0 Å². The fraction of sp³-hybridized carbons (Fsp3) is 0.556. The average molecular weight is 571 g/mol. The monoisotopic (exact) mass is 570 g/mol. The Bertz CT molecular complexity index is 1290. The molecule has 1 saturated carbocycles. The molecular weight excluding hydrogens is 536 g/mol. The van der Waals surface area contributed by atoms with Gasteiger partial charge in [-0.15, -0.1) is 0 Å². The number of benzene rings is 1. The molecule has 3 fully saturated rings. The highest BCUT2D eigenvalue weighted by Crippen LogP contribution is 2.33. The minimum absolute atomic E-state index is 0.0263. The van der Waals surface area contributed by atoms with Crippen LogP contribution in [0.15, 0.2) is 43.0 Å². The molecule has 2 saturated heterocycles. The molecule has 1 aliphatic carbocycles. The molecule has 0 spiro atoms. The van der Waals surface area contributed by atoms with E-state index in [1.807, 2.05) is 30.3 Å². The second kappa shape index (κ2) is 12.3. The van der Waals surface area contributed by atoms with Gasteiger partial charge in [-0.1, -0.05) is 30.3 Å². The quantitative estimate of drug-likeness (QED) is 0.278. The molecule has 12 nitrogen and oxygen atoms in total. The summed E-state index contributed by atoms with van der Waals surface area (Å²) in [4.78, 5) is 13.1. The number of thiocarbonyl (C=S) groups is 1. The Balaban J connectivity index is 1.03. The van der Waals surface area contributed by atoms with Gasteiger partial charge >= 0.3 is 0 Å². The first kappa shape index (κ1) is 27.2. The van der Waals surface area contributed by atoms with Gasteiger partial charge in [-0.05, 0) is 43.5 Å².